The van der Waals surface area contributed by atoms with Gasteiger partial charge >= 0.3 is 11.9 Å². The number of carbonyl (C=O) groups excluding carboxylic acids is 3. The molecule has 5 heteroatoms. The van der Waals surface area contributed by atoms with Gasteiger partial charge in [-0.25, -0.2) is 4.79 Å². The molecular formula is C17H15NO4. The third-order valence-electron chi connectivity index (χ3n) is 2.90. The second-order valence-electron chi connectivity index (χ2n) is 4.45. The van der Waals surface area contributed by atoms with Gasteiger partial charge in [0.1, 0.15) is 0 Å². The minimum absolute atomic E-state index is 0.108. The van der Waals surface area contributed by atoms with Gasteiger partial charge in [0.15, 0.2) is 5.78 Å². The van der Waals surface area contributed by atoms with Crippen LogP contribution in [0, 0.1) is 0 Å². The van der Waals surface area contributed by atoms with E-state index in [2.05, 4.69) is 10.1 Å². The number of hydrogen-bond donors (Lipinski definition) is 1. The van der Waals surface area contributed by atoms with Crippen molar-refractivity contribution in [2.45, 2.75) is 6.92 Å². The summed E-state index contributed by atoms with van der Waals surface area (Å²) >= 11 is 0. The van der Waals surface area contributed by atoms with Crippen LogP contribution in [0.25, 0.3) is 0 Å². The van der Waals surface area contributed by atoms with Crippen molar-refractivity contribution in [3.63, 3.8) is 0 Å². The van der Waals surface area contributed by atoms with E-state index in [1.54, 1.807) is 55.5 Å². The van der Waals surface area contributed by atoms with E-state index in [1.807, 2.05) is 6.07 Å². The molecule has 0 bridgehead atoms. The summed E-state index contributed by atoms with van der Waals surface area (Å²) in [6.07, 6.45) is 0. The van der Waals surface area contributed by atoms with Crippen LogP contribution in [-0.2, 0) is 14.3 Å². The smallest absolute Gasteiger partial charge is 0.397 e. The zero-order valence-corrected chi connectivity index (χ0v) is 12.0. The van der Waals surface area contributed by atoms with Crippen LogP contribution in [0.5, 0.6) is 0 Å². The fraction of sp³-hybridized carbons (Fsp3) is 0.118. The molecule has 22 heavy (non-hydrogen) atoms. The highest BCUT2D eigenvalue weighted by molar-refractivity contribution is 6.37. The lowest BCUT2D eigenvalue weighted by Crippen LogP contribution is -2.24. The van der Waals surface area contributed by atoms with E-state index >= 15 is 0 Å². The molecule has 1 amide bonds. The molecule has 0 aliphatic rings. The lowest BCUT2D eigenvalue weighted by Gasteiger charge is -2.06. The largest absolute Gasteiger partial charge is 0.459 e. The molecule has 2 rings (SSSR count). The van der Waals surface area contributed by atoms with Gasteiger partial charge in [-0.2, -0.15) is 0 Å². The first-order chi connectivity index (χ1) is 10.6. The van der Waals surface area contributed by atoms with Crippen LogP contribution in [-0.4, -0.2) is 24.3 Å². The number of hydrogen-bond acceptors (Lipinski definition) is 4. The number of amides is 1. The van der Waals surface area contributed by atoms with Crippen molar-refractivity contribution in [2.24, 2.45) is 0 Å². The highest BCUT2D eigenvalue weighted by atomic mass is 16.5. The molecule has 0 unspecified atom stereocenters. The van der Waals surface area contributed by atoms with E-state index in [0.717, 1.165) is 0 Å². The zero-order valence-electron chi connectivity index (χ0n) is 12.0. The second kappa shape index (κ2) is 7.17. The summed E-state index contributed by atoms with van der Waals surface area (Å²) in [6, 6.07) is 15.2. The Bertz CT molecular complexity index is 678. The third kappa shape index (κ3) is 3.79. The van der Waals surface area contributed by atoms with Gasteiger partial charge < -0.3 is 10.1 Å². The Hall–Kier alpha value is -2.95. The average Bonchev–Trinajstić information content (AvgIpc) is 2.56. The highest BCUT2D eigenvalue weighted by Gasteiger charge is 2.15. The molecule has 0 aliphatic heterocycles. The first-order valence-corrected chi connectivity index (χ1v) is 6.79. The second-order valence-corrected chi connectivity index (χ2v) is 4.45. The molecule has 0 saturated carbocycles. The van der Waals surface area contributed by atoms with Crippen molar-refractivity contribution in [2.75, 3.05) is 11.9 Å². The Morgan fingerprint density at radius 3 is 2.09 bits per heavy atom. The summed E-state index contributed by atoms with van der Waals surface area (Å²) in [7, 11) is 0. The molecule has 0 aromatic heterocycles. The van der Waals surface area contributed by atoms with E-state index in [9.17, 15) is 14.4 Å². The maximum absolute atomic E-state index is 12.2. The Labute approximate surface area is 127 Å². The van der Waals surface area contributed by atoms with Crippen molar-refractivity contribution in [3.05, 3.63) is 65.7 Å². The summed E-state index contributed by atoms with van der Waals surface area (Å²) in [5, 5.41) is 2.41. The quantitative estimate of drug-likeness (QED) is 0.534. The number of ketones is 1. The van der Waals surface area contributed by atoms with Crippen molar-refractivity contribution in [1.82, 2.24) is 0 Å². The predicted octanol–water partition coefficient (Wildman–Crippen LogP) is 2.42. The fourth-order valence-electron chi connectivity index (χ4n) is 1.84. The topological polar surface area (TPSA) is 72.5 Å². The van der Waals surface area contributed by atoms with E-state index in [1.165, 1.54) is 0 Å². The number of nitrogens with one attached hydrogen (secondary N) is 1. The molecule has 0 radical (unpaired) electrons. The highest BCUT2D eigenvalue weighted by Crippen LogP contribution is 2.13. The number of rotatable bonds is 4. The number of benzene rings is 2. The lowest BCUT2D eigenvalue weighted by molar-refractivity contribution is -0.152. The SMILES string of the molecule is CCOC(=O)C(=O)Nc1ccc(C(=O)c2ccccc2)cc1. The first-order valence-electron chi connectivity index (χ1n) is 6.79. The summed E-state index contributed by atoms with van der Waals surface area (Å²) < 4.78 is 4.59. The van der Waals surface area contributed by atoms with Crippen molar-refractivity contribution in [3.8, 4) is 0 Å². The maximum atomic E-state index is 12.2. The predicted molar refractivity (Wildman–Crippen MR) is 81.6 cm³/mol. The molecule has 5 nitrogen and oxygen atoms in total. The van der Waals surface area contributed by atoms with E-state index in [-0.39, 0.29) is 12.4 Å². The normalized spacial score (nSPS) is 9.86. The number of esters is 1. The van der Waals surface area contributed by atoms with Gasteiger partial charge in [0, 0.05) is 16.8 Å². The molecule has 0 atom stereocenters. The van der Waals surface area contributed by atoms with E-state index in [4.69, 9.17) is 0 Å². The molecule has 0 heterocycles. The molecule has 0 fully saturated rings. The molecule has 2 aromatic rings. The average molecular weight is 297 g/mol. The lowest BCUT2D eigenvalue weighted by atomic mass is 10.0. The summed E-state index contributed by atoms with van der Waals surface area (Å²) in [5.41, 5.74) is 1.51. The number of ether oxygens (including phenoxy) is 1. The van der Waals surface area contributed by atoms with Crippen LogP contribution in [0.1, 0.15) is 22.8 Å². The molecular weight excluding hydrogens is 282 g/mol. The van der Waals surface area contributed by atoms with E-state index in [0.29, 0.717) is 16.8 Å². The van der Waals surface area contributed by atoms with Gasteiger partial charge in [0.05, 0.1) is 6.61 Å². The van der Waals surface area contributed by atoms with Gasteiger partial charge in [-0.3, -0.25) is 9.59 Å². The minimum atomic E-state index is -0.938. The Morgan fingerprint density at radius 2 is 1.50 bits per heavy atom. The van der Waals surface area contributed by atoms with Gasteiger partial charge in [-0.15, -0.1) is 0 Å². The molecule has 0 aliphatic carbocycles. The number of carbonyl (C=O) groups is 3. The summed E-state index contributed by atoms with van der Waals surface area (Å²) in [4.78, 5) is 34.9. The molecule has 1 N–H and O–H groups in total. The Morgan fingerprint density at radius 1 is 0.909 bits per heavy atom. The van der Waals surface area contributed by atoms with Gasteiger partial charge in [-0.1, -0.05) is 30.3 Å². The third-order valence-corrected chi connectivity index (χ3v) is 2.90. The zero-order chi connectivity index (χ0) is 15.9. The van der Waals surface area contributed by atoms with Gasteiger partial charge in [0.2, 0.25) is 0 Å². The van der Waals surface area contributed by atoms with Crippen LogP contribution < -0.4 is 5.32 Å². The van der Waals surface area contributed by atoms with Crippen LogP contribution in [0.15, 0.2) is 54.6 Å². The first kappa shape index (κ1) is 15.4. The molecule has 2 aromatic carbocycles. The Balaban J connectivity index is 2.06. The van der Waals surface area contributed by atoms with Crippen molar-refractivity contribution in [1.29, 1.82) is 0 Å². The minimum Gasteiger partial charge on any atom is -0.459 e. The Kier molecular flexibility index (Phi) is 5.03. The maximum Gasteiger partial charge on any atom is 0.397 e. The molecule has 112 valence electrons. The van der Waals surface area contributed by atoms with Crippen LogP contribution >= 0.6 is 0 Å². The van der Waals surface area contributed by atoms with Crippen LogP contribution in [0.2, 0.25) is 0 Å². The molecule has 0 saturated heterocycles. The van der Waals surface area contributed by atoms with Gasteiger partial charge in [0.25, 0.3) is 0 Å². The summed E-state index contributed by atoms with van der Waals surface area (Å²) in [6.45, 7) is 1.76. The summed E-state index contributed by atoms with van der Waals surface area (Å²) in [5.74, 6) is -1.89. The van der Waals surface area contributed by atoms with Crippen molar-refractivity contribution >= 4 is 23.3 Å². The van der Waals surface area contributed by atoms with Crippen LogP contribution in [0.3, 0.4) is 0 Å². The van der Waals surface area contributed by atoms with Crippen LogP contribution in [0.4, 0.5) is 5.69 Å². The monoisotopic (exact) mass is 297 g/mol. The number of anilines is 1. The standard InChI is InChI=1S/C17H15NO4/c1-2-22-17(21)16(20)18-14-10-8-13(9-11-14)15(19)12-6-4-3-5-7-12/h3-11H,2H2,1H3,(H,18,20). The fourth-order valence-corrected chi connectivity index (χ4v) is 1.84. The van der Waals surface area contributed by atoms with Crippen molar-refractivity contribution < 1.29 is 19.1 Å². The molecule has 0 spiro atoms. The van der Waals surface area contributed by atoms with E-state index < -0.39 is 11.9 Å². The van der Waals surface area contributed by atoms with Gasteiger partial charge in [-0.05, 0) is 31.2 Å².